The number of aromatic carboxylic acids is 1. The summed E-state index contributed by atoms with van der Waals surface area (Å²) in [4.78, 5) is 23.4. The van der Waals surface area contributed by atoms with Crippen molar-refractivity contribution < 1.29 is 27.6 Å². The maximum atomic E-state index is 13.3. The molecule has 0 aliphatic heterocycles. The Morgan fingerprint density at radius 3 is 2.28 bits per heavy atom. The molecule has 0 aliphatic rings. The number of benzene rings is 4. The molecule has 39 heavy (non-hydrogen) atoms. The van der Waals surface area contributed by atoms with E-state index in [4.69, 9.17) is 0 Å². The van der Waals surface area contributed by atoms with Crippen molar-refractivity contribution in [3.63, 3.8) is 0 Å². The molecule has 0 aromatic heterocycles. The molecule has 0 aliphatic carbocycles. The largest absolute Gasteiger partial charge is 0.478 e. The summed E-state index contributed by atoms with van der Waals surface area (Å²) < 4.78 is 41.9. The predicted molar refractivity (Wildman–Crippen MR) is 148 cm³/mol. The van der Waals surface area contributed by atoms with E-state index in [9.17, 15) is 32.8 Å². The van der Waals surface area contributed by atoms with Gasteiger partial charge in [-0.2, -0.15) is 0 Å². The van der Waals surface area contributed by atoms with Gasteiger partial charge in [0.05, 0.1) is 21.1 Å². The first-order valence-corrected chi connectivity index (χ1v) is 14.0. The molecule has 200 valence electrons. The van der Waals surface area contributed by atoms with Gasteiger partial charge in [0.15, 0.2) is 0 Å². The van der Waals surface area contributed by atoms with Crippen molar-refractivity contribution in [2.24, 2.45) is 0 Å². The van der Waals surface area contributed by atoms with Crippen LogP contribution >= 0.6 is 11.8 Å². The van der Waals surface area contributed by atoms with Crippen molar-refractivity contribution in [2.75, 3.05) is 22.3 Å². The first-order chi connectivity index (χ1) is 18.6. The smallest absolute Gasteiger partial charge is 0.337 e. The van der Waals surface area contributed by atoms with Crippen LogP contribution in [-0.2, 0) is 10.0 Å². The molecule has 0 atom stereocenters. The lowest BCUT2D eigenvalue weighted by molar-refractivity contribution is -0.384. The fourth-order valence-electron chi connectivity index (χ4n) is 3.69. The fourth-order valence-corrected chi connectivity index (χ4v) is 5.57. The van der Waals surface area contributed by atoms with Crippen LogP contribution in [0.15, 0.2) is 101 Å². The number of nitrogens with zero attached hydrogens (tertiary/aromatic N) is 1. The predicted octanol–water partition coefficient (Wildman–Crippen LogP) is 6.10. The molecule has 4 aromatic rings. The molecule has 12 heteroatoms. The van der Waals surface area contributed by atoms with E-state index in [0.717, 1.165) is 11.0 Å². The SMILES string of the molecule is O=C(O)c1ccc(-c2ccc(F)cc2)cc1NS(=O)(=O)c1ccc(NCCSc2ccccc2)c([N+](=O)[O-])c1. The van der Waals surface area contributed by atoms with Crippen LogP contribution in [0.5, 0.6) is 0 Å². The maximum Gasteiger partial charge on any atom is 0.337 e. The fraction of sp³-hybridized carbons (Fsp3) is 0.0741. The van der Waals surface area contributed by atoms with Crippen LogP contribution < -0.4 is 10.0 Å². The van der Waals surface area contributed by atoms with E-state index in [0.29, 0.717) is 23.4 Å². The Labute approximate surface area is 227 Å². The lowest BCUT2D eigenvalue weighted by Gasteiger charge is -2.14. The molecule has 0 heterocycles. The summed E-state index contributed by atoms with van der Waals surface area (Å²) in [6.07, 6.45) is 0. The van der Waals surface area contributed by atoms with E-state index in [2.05, 4.69) is 10.0 Å². The van der Waals surface area contributed by atoms with Gasteiger partial charge in [0.2, 0.25) is 0 Å². The van der Waals surface area contributed by atoms with Gasteiger partial charge < -0.3 is 10.4 Å². The Morgan fingerprint density at radius 1 is 0.923 bits per heavy atom. The minimum Gasteiger partial charge on any atom is -0.478 e. The zero-order valence-electron chi connectivity index (χ0n) is 20.2. The summed E-state index contributed by atoms with van der Waals surface area (Å²) >= 11 is 1.56. The molecular weight excluding hydrogens is 545 g/mol. The number of nitrogens with one attached hydrogen (secondary N) is 2. The number of rotatable bonds is 11. The van der Waals surface area contributed by atoms with Gasteiger partial charge in [0.25, 0.3) is 15.7 Å². The third-order valence-electron chi connectivity index (χ3n) is 5.58. The van der Waals surface area contributed by atoms with Crippen molar-refractivity contribution in [3.8, 4) is 11.1 Å². The number of carboxylic acid groups (broad SMARTS) is 1. The van der Waals surface area contributed by atoms with E-state index < -0.39 is 37.3 Å². The number of sulfonamides is 1. The first kappa shape index (κ1) is 27.6. The highest BCUT2D eigenvalue weighted by Gasteiger charge is 2.24. The average molecular weight is 568 g/mol. The number of anilines is 2. The lowest BCUT2D eigenvalue weighted by Crippen LogP contribution is -2.16. The third-order valence-corrected chi connectivity index (χ3v) is 7.95. The zero-order chi connectivity index (χ0) is 28.0. The molecule has 0 fully saturated rings. The molecular formula is C27H22FN3O6S2. The van der Waals surface area contributed by atoms with Crippen LogP contribution in [0.3, 0.4) is 0 Å². The van der Waals surface area contributed by atoms with Crippen LogP contribution in [0.25, 0.3) is 11.1 Å². The number of thioether (sulfide) groups is 1. The van der Waals surface area contributed by atoms with Crippen molar-refractivity contribution in [1.29, 1.82) is 0 Å². The summed E-state index contributed by atoms with van der Waals surface area (Å²) in [5.41, 5.74) is 0.111. The second-order valence-corrected chi connectivity index (χ2v) is 11.1. The van der Waals surface area contributed by atoms with E-state index >= 15 is 0 Å². The molecule has 4 aromatic carbocycles. The van der Waals surface area contributed by atoms with Crippen LogP contribution in [0.4, 0.5) is 21.5 Å². The monoisotopic (exact) mass is 567 g/mol. The average Bonchev–Trinajstić information content (AvgIpc) is 2.91. The van der Waals surface area contributed by atoms with Crippen LogP contribution in [0.2, 0.25) is 0 Å². The Bertz CT molecular complexity index is 1610. The van der Waals surface area contributed by atoms with Gasteiger partial charge >= 0.3 is 5.97 Å². The molecule has 0 saturated heterocycles. The topological polar surface area (TPSA) is 139 Å². The molecule has 0 amide bonds. The van der Waals surface area contributed by atoms with Crippen molar-refractivity contribution in [1.82, 2.24) is 0 Å². The summed E-state index contributed by atoms with van der Waals surface area (Å²) in [5, 5.41) is 24.3. The lowest BCUT2D eigenvalue weighted by atomic mass is 10.0. The van der Waals surface area contributed by atoms with Crippen LogP contribution in [0.1, 0.15) is 10.4 Å². The number of carboxylic acids is 1. The van der Waals surface area contributed by atoms with Gasteiger partial charge in [0.1, 0.15) is 11.5 Å². The minimum atomic E-state index is -4.42. The van der Waals surface area contributed by atoms with Gasteiger partial charge in [-0.3, -0.25) is 14.8 Å². The summed E-state index contributed by atoms with van der Waals surface area (Å²) in [5.74, 6) is -1.22. The molecule has 0 radical (unpaired) electrons. The molecule has 9 nitrogen and oxygen atoms in total. The second-order valence-electron chi connectivity index (χ2n) is 8.20. The maximum absolute atomic E-state index is 13.3. The van der Waals surface area contributed by atoms with E-state index in [1.54, 1.807) is 11.8 Å². The van der Waals surface area contributed by atoms with E-state index in [1.807, 2.05) is 30.3 Å². The Morgan fingerprint density at radius 2 is 1.62 bits per heavy atom. The number of hydrogen-bond donors (Lipinski definition) is 3. The molecule has 0 saturated carbocycles. The summed E-state index contributed by atoms with van der Waals surface area (Å²) in [6.45, 7) is 0.392. The Balaban J connectivity index is 1.57. The highest BCUT2D eigenvalue weighted by atomic mass is 32.2. The molecule has 3 N–H and O–H groups in total. The molecule has 0 spiro atoms. The minimum absolute atomic E-state index is 0.150. The van der Waals surface area contributed by atoms with Gasteiger partial charge in [0, 0.05) is 23.3 Å². The third kappa shape index (κ3) is 6.92. The number of hydrogen-bond acceptors (Lipinski definition) is 7. The standard InChI is InChI=1S/C27H22FN3O6S2/c28-20-9-6-18(7-10-20)19-8-12-23(27(32)33)25(16-19)30-39(36,37)22-11-13-24(26(17-22)31(34)35)29-14-15-38-21-4-2-1-3-5-21/h1-13,16-17,29-30H,14-15H2,(H,32,33). The molecule has 4 rings (SSSR count). The number of nitro groups is 1. The Hall–Kier alpha value is -4.42. The zero-order valence-corrected chi connectivity index (χ0v) is 21.8. The highest BCUT2D eigenvalue weighted by molar-refractivity contribution is 7.99. The molecule has 0 bridgehead atoms. The van der Waals surface area contributed by atoms with E-state index in [1.165, 1.54) is 54.6 Å². The second kappa shape index (κ2) is 12.0. The normalized spacial score (nSPS) is 11.1. The van der Waals surface area contributed by atoms with Crippen LogP contribution in [0, 0.1) is 15.9 Å². The Kier molecular flexibility index (Phi) is 8.47. The van der Waals surface area contributed by atoms with E-state index in [-0.39, 0.29) is 16.9 Å². The summed E-state index contributed by atoms with van der Waals surface area (Å²) in [6, 6.07) is 22.4. The number of nitro benzene ring substituents is 1. The number of carbonyl (C=O) groups is 1. The van der Waals surface area contributed by atoms with Crippen LogP contribution in [-0.4, -0.2) is 36.7 Å². The quantitative estimate of drug-likeness (QED) is 0.0855. The van der Waals surface area contributed by atoms with Crippen molar-refractivity contribution in [3.05, 3.63) is 112 Å². The van der Waals surface area contributed by atoms with Gasteiger partial charge in [-0.25, -0.2) is 17.6 Å². The number of halogens is 1. The van der Waals surface area contributed by atoms with Gasteiger partial charge in [-0.15, -0.1) is 11.8 Å². The van der Waals surface area contributed by atoms with Crippen molar-refractivity contribution in [2.45, 2.75) is 9.79 Å². The van der Waals surface area contributed by atoms with Gasteiger partial charge in [-0.1, -0.05) is 36.4 Å². The van der Waals surface area contributed by atoms with Gasteiger partial charge in [-0.05, 0) is 59.7 Å². The summed E-state index contributed by atoms with van der Waals surface area (Å²) in [7, 11) is -4.42. The highest BCUT2D eigenvalue weighted by Crippen LogP contribution is 2.31. The first-order valence-electron chi connectivity index (χ1n) is 11.5. The molecule has 0 unspecified atom stereocenters. The van der Waals surface area contributed by atoms with Crippen molar-refractivity contribution >= 4 is 44.8 Å².